The molecule has 4 aromatic carbocycles. The zero-order valence-electron chi connectivity index (χ0n) is 25.7. The predicted octanol–water partition coefficient (Wildman–Crippen LogP) is 8.04. The van der Waals surface area contributed by atoms with E-state index in [9.17, 15) is 18.0 Å². The molecule has 1 saturated carbocycles. The summed E-state index contributed by atoms with van der Waals surface area (Å²) in [4.78, 5) is 30.3. The Morgan fingerprint density at radius 2 is 1.45 bits per heavy atom. The first-order valence-electron chi connectivity index (χ1n) is 15.5. The van der Waals surface area contributed by atoms with Gasteiger partial charge in [-0.15, -0.1) is 0 Å². The average Bonchev–Trinajstić information content (AvgIpc) is 3.08. The summed E-state index contributed by atoms with van der Waals surface area (Å²) < 4.78 is 30.1. The number of benzene rings is 4. The van der Waals surface area contributed by atoms with Gasteiger partial charge in [-0.25, -0.2) is 8.42 Å². The third-order valence-electron chi connectivity index (χ3n) is 8.28. The van der Waals surface area contributed by atoms with E-state index in [0.717, 1.165) is 46.4 Å². The van der Waals surface area contributed by atoms with E-state index >= 15 is 0 Å². The van der Waals surface area contributed by atoms with Crippen molar-refractivity contribution in [1.29, 1.82) is 0 Å². The second-order valence-electron chi connectivity index (χ2n) is 11.6. The van der Waals surface area contributed by atoms with Crippen LogP contribution in [0.3, 0.4) is 0 Å². The smallest absolute Gasteiger partial charge is 0.264 e. The number of hydrogen-bond donors (Lipinski definition) is 1. The van der Waals surface area contributed by atoms with Crippen LogP contribution in [0.15, 0.2) is 112 Å². The average molecular weight is 758 g/mol. The van der Waals surface area contributed by atoms with Crippen molar-refractivity contribution in [2.45, 2.75) is 62.0 Å². The highest BCUT2D eigenvalue weighted by molar-refractivity contribution is 9.10. The SMILES string of the molecule is O=C(NC1CCCCC1)[C@@H](Cc1ccccc1)N(Cc1ccc(Cl)c(Cl)c1)C(=O)CN(c1ccc(Br)cc1)S(=O)(=O)c1ccccc1. The Bertz CT molecular complexity index is 1770. The van der Waals surface area contributed by atoms with Crippen molar-refractivity contribution in [2.75, 3.05) is 10.8 Å². The summed E-state index contributed by atoms with van der Waals surface area (Å²) in [6, 6.07) is 28.3. The summed E-state index contributed by atoms with van der Waals surface area (Å²) >= 11 is 16.0. The third-order valence-corrected chi connectivity index (χ3v) is 11.3. The molecule has 246 valence electrons. The first kappa shape index (κ1) is 35.0. The maximum Gasteiger partial charge on any atom is 0.264 e. The molecule has 1 fully saturated rings. The Morgan fingerprint density at radius 1 is 0.809 bits per heavy atom. The number of nitrogens with zero attached hydrogens (tertiary/aromatic N) is 2. The lowest BCUT2D eigenvalue weighted by molar-refractivity contribution is -0.140. The number of carbonyl (C=O) groups excluding carboxylic acids is 2. The van der Waals surface area contributed by atoms with Crippen LogP contribution in [0.4, 0.5) is 5.69 Å². The molecule has 1 N–H and O–H groups in total. The molecule has 1 aliphatic rings. The molecule has 7 nitrogen and oxygen atoms in total. The number of halogens is 3. The summed E-state index contributed by atoms with van der Waals surface area (Å²) in [6.45, 7) is -0.535. The van der Waals surface area contributed by atoms with Gasteiger partial charge in [0.1, 0.15) is 12.6 Å². The number of hydrogen-bond acceptors (Lipinski definition) is 4. The van der Waals surface area contributed by atoms with E-state index in [2.05, 4.69) is 21.2 Å². The van der Waals surface area contributed by atoms with Gasteiger partial charge in [-0.3, -0.25) is 13.9 Å². The maximum absolute atomic E-state index is 14.6. The number of nitrogens with one attached hydrogen (secondary N) is 1. The highest BCUT2D eigenvalue weighted by Crippen LogP contribution is 2.28. The van der Waals surface area contributed by atoms with E-state index in [1.54, 1.807) is 60.7 Å². The molecule has 0 aromatic heterocycles. The molecular weight excluding hydrogens is 721 g/mol. The lowest BCUT2D eigenvalue weighted by Gasteiger charge is -2.35. The zero-order valence-corrected chi connectivity index (χ0v) is 29.6. The fourth-order valence-electron chi connectivity index (χ4n) is 5.79. The van der Waals surface area contributed by atoms with Gasteiger partial charge in [0.05, 0.1) is 20.6 Å². The van der Waals surface area contributed by atoms with Crippen molar-refractivity contribution >= 4 is 66.7 Å². The minimum atomic E-state index is -4.18. The van der Waals surface area contributed by atoms with E-state index < -0.39 is 28.5 Å². The maximum atomic E-state index is 14.6. The van der Waals surface area contributed by atoms with Crippen molar-refractivity contribution in [3.05, 3.63) is 129 Å². The van der Waals surface area contributed by atoms with Crippen LogP contribution in [0.5, 0.6) is 0 Å². The Hall–Kier alpha value is -3.37. The highest BCUT2D eigenvalue weighted by atomic mass is 79.9. The molecule has 0 saturated heterocycles. The zero-order chi connectivity index (χ0) is 33.4. The van der Waals surface area contributed by atoms with E-state index in [0.29, 0.717) is 21.3 Å². The summed E-state index contributed by atoms with van der Waals surface area (Å²) in [5.74, 6) is -0.825. The number of carbonyl (C=O) groups is 2. The molecule has 2 amide bonds. The van der Waals surface area contributed by atoms with Crippen LogP contribution >= 0.6 is 39.1 Å². The molecule has 11 heteroatoms. The Labute approximate surface area is 295 Å². The molecule has 47 heavy (non-hydrogen) atoms. The normalized spacial score (nSPS) is 14.3. The van der Waals surface area contributed by atoms with Gasteiger partial charge in [-0.05, 0) is 72.5 Å². The van der Waals surface area contributed by atoms with E-state index in [1.807, 2.05) is 30.3 Å². The molecule has 0 heterocycles. The second-order valence-corrected chi connectivity index (χ2v) is 15.2. The van der Waals surface area contributed by atoms with Gasteiger partial charge in [0.15, 0.2) is 0 Å². The lowest BCUT2D eigenvalue weighted by Crippen LogP contribution is -2.55. The minimum Gasteiger partial charge on any atom is -0.352 e. The van der Waals surface area contributed by atoms with Gasteiger partial charge in [0.25, 0.3) is 10.0 Å². The van der Waals surface area contributed by atoms with Gasteiger partial charge >= 0.3 is 0 Å². The Morgan fingerprint density at radius 3 is 2.09 bits per heavy atom. The van der Waals surface area contributed by atoms with Gasteiger partial charge in [0, 0.05) is 23.5 Å². The molecule has 1 atom stereocenters. The summed E-state index contributed by atoms with van der Waals surface area (Å²) in [7, 11) is -4.18. The third kappa shape index (κ3) is 9.16. The molecule has 4 aromatic rings. The quantitative estimate of drug-likeness (QED) is 0.159. The number of anilines is 1. The Kier molecular flexibility index (Phi) is 12.0. The van der Waals surface area contributed by atoms with Crippen LogP contribution in [0.25, 0.3) is 0 Å². The molecule has 0 radical (unpaired) electrons. The predicted molar refractivity (Wildman–Crippen MR) is 191 cm³/mol. The van der Waals surface area contributed by atoms with Crippen LogP contribution in [-0.2, 0) is 32.6 Å². The van der Waals surface area contributed by atoms with Crippen LogP contribution in [0.2, 0.25) is 10.0 Å². The molecule has 5 rings (SSSR count). The van der Waals surface area contributed by atoms with Gasteiger partial charge in [-0.1, -0.05) is 113 Å². The second kappa shape index (κ2) is 16.2. The van der Waals surface area contributed by atoms with Crippen molar-refractivity contribution in [3.63, 3.8) is 0 Å². The molecule has 0 spiro atoms. The monoisotopic (exact) mass is 755 g/mol. The number of amides is 2. The molecular formula is C36H36BrCl2N3O4S. The lowest BCUT2D eigenvalue weighted by atomic mass is 9.94. The van der Waals surface area contributed by atoms with Crippen molar-refractivity contribution in [1.82, 2.24) is 10.2 Å². The van der Waals surface area contributed by atoms with Crippen LogP contribution in [-0.4, -0.2) is 43.8 Å². The van der Waals surface area contributed by atoms with Crippen molar-refractivity contribution < 1.29 is 18.0 Å². The van der Waals surface area contributed by atoms with Crippen molar-refractivity contribution in [3.8, 4) is 0 Å². The van der Waals surface area contributed by atoms with Crippen LogP contribution in [0.1, 0.15) is 43.2 Å². The van der Waals surface area contributed by atoms with Crippen molar-refractivity contribution in [2.24, 2.45) is 0 Å². The summed E-state index contributed by atoms with van der Waals surface area (Å²) in [5.41, 5.74) is 1.83. The molecule has 1 aliphatic carbocycles. The highest BCUT2D eigenvalue weighted by Gasteiger charge is 2.35. The topological polar surface area (TPSA) is 86.8 Å². The van der Waals surface area contributed by atoms with E-state index in [-0.39, 0.29) is 29.8 Å². The van der Waals surface area contributed by atoms with Gasteiger partial charge in [0.2, 0.25) is 11.8 Å². The first-order chi connectivity index (χ1) is 22.6. The first-order valence-corrected chi connectivity index (χ1v) is 18.5. The van der Waals surface area contributed by atoms with E-state index in [4.69, 9.17) is 23.2 Å². The summed E-state index contributed by atoms with van der Waals surface area (Å²) in [5, 5.41) is 3.88. The van der Waals surface area contributed by atoms with E-state index in [1.165, 1.54) is 17.0 Å². The van der Waals surface area contributed by atoms with Gasteiger partial charge < -0.3 is 10.2 Å². The largest absolute Gasteiger partial charge is 0.352 e. The Balaban J connectivity index is 1.56. The fourth-order valence-corrected chi connectivity index (χ4v) is 7.81. The summed E-state index contributed by atoms with van der Waals surface area (Å²) in [6.07, 6.45) is 5.16. The molecule has 0 aliphatic heterocycles. The standard InChI is InChI=1S/C36H36BrCl2N3O4S/c37-28-17-19-30(20-18-28)42(47(45,46)31-14-8-3-9-15-31)25-35(43)41(24-27-16-21-32(38)33(39)22-27)34(23-26-10-4-1-5-11-26)36(44)40-29-12-6-2-7-13-29/h1,3-5,8-11,14-22,29,34H,2,6-7,12-13,23-25H2,(H,40,44)/t34-/m1/s1. The fraction of sp³-hybridized carbons (Fsp3) is 0.278. The number of sulfonamides is 1. The minimum absolute atomic E-state index is 0.00483. The molecule has 0 unspecified atom stereocenters. The molecule has 0 bridgehead atoms. The van der Waals surface area contributed by atoms with Gasteiger partial charge in [-0.2, -0.15) is 0 Å². The number of rotatable bonds is 12. The van der Waals surface area contributed by atoms with Crippen LogP contribution in [0, 0.1) is 0 Å². The van der Waals surface area contributed by atoms with Crippen LogP contribution < -0.4 is 9.62 Å².